The molecule has 0 amide bonds. The van der Waals surface area contributed by atoms with Gasteiger partial charge in [0.05, 0.1) is 5.71 Å². The monoisotopic (exact) mass is 311 g/mol. The van der Waals surface area contributed by atoms with E-state index in [-0.39, 0.29) is 5.11 Å². The number of nitrogens with two attached hydrogens (primary N) is 1. The molecule has 1 aliphatic carbocycles. The molecule has 3 nitrogen and oxygen atoms in total. The van der Waals surface area contributed by atoms with Crippen molar-refractivity contribution in [3.63, 3.8) is 0 Å². The lowest BCUT2D eigenvalue weighted by molar-refractivity contribution is 1.00. The molecule has 0 atom stereocenters. The first-order valence-electron chi connectivity index (χ1n) is 5.41. The summed E-state index contributed by atoms with van der Waals surface area (Å²) in [6.45, 7) is 4.23. The van der Waals surface area contributed by atoms with Crippen LogP contribution in [0.5, 0.6) is 0 Å². The third-order valence-corrected chi connectivity index (χ3v) is 3.97. The molecule has 0 radical (unpaired) electrons. The van der Waals surface area contributed by atoms with Gasteiger partial charge >= 0.3 is 0 Å². The zero-order chi connectivity index (χ0) is 12.6. The second kappa shape index (κ2) is 4.74. The number of hydrogen-bond donors (Lipinski definition) is 2. The summed E-state index contributed by atoms with van der Waals surface area (Å²) in [5.74, 6) is 0. The summed E-state index contributed by atoms with van der Waals surface area (Å²) < 4.78 is 1.16. The molecule has 0 bridgehead atoms. The molecule has 0 spiro atoms. The van der Waals surface area contributed by atoms with Crippen LogP contribution in [0.1, 0.15) is 28.7 Å². The van der Waals surface area contributed by atoms with Crippen LogP contribution >= 0.6 is 28.1 Å². The normalized spacial score (nSPS) is 16.1. The van der Waals surface area contributed by atoms with Crippen LogP contribution < -0.4 is 11.2 Å². The summed E-state index contributed by atoms with van der Waals surface area (Å²) >= 11 is 8.35. The minimum Gasteiger partial charge on any atom is -0.375 e. The standard InChI is InChI=1S/C12H14BrN3S/c1-6-5-9(13)7(2)8-3-4-10(11(6)8)15-16-12(14)17/h5H,3-4H2,1-2H3,(H3,14,16,17). The van der Waals surface area contributed by atoms with Crippen molar-refractivity contribution in [3.05, 3.63) is 32.8 Å². The maximum atomic E-state index is 5.39. The van der Waals surface area contributed by atoms with Gasteiger partial charge in [0.2, 0.25) is 0 Å². The highest BCUT2D eigenvalue weighted by molar-refractivity contribution is 9.10. The molecule has 0 fully saturated rings. The quantitative estimate of drug-likeness (QED) is 0.619. The topological polar surface area (TPSA) is 50.4 Å². The van der Waals surface area contributed by atoms with Crippen LogP contribution in [0.15, 0.2) is 15.6 Å². The Hall–Kier alpha value is -0.940. The number of nitrogens with zero attached hydrogens (tertiary/aromatic N) is 1. The lowest BCUT2D eigenvalue weighted by Gasteiger charge is -2.10. The molecule has 90 valence electrons. The Labute approximate surface area is 115 Å². The van der Waals surface area contributed by atoms with E-state index in [0.29, 0.717) is 0 Å². The molecule has 2 rings (SSSR count). The van der Waals surface area contributed by atoms with E-state index in [2.05, 4.69) is 46.4 Å². The van der Waals surface area contributed by atoms with Crippen LogP contribution in [0.2, 0.25) is 0 Å². The molecule has 0 unspecified atom stereocenters. The van der Waals surface area contributed by atoms with Gasteiger partial charge in [0.1, 0.15) is 0 Å². The van der Waals surface area contributed by atoms with Crippen LogP contribution in [0.25, 0.3) is 0 Å². The second-order valence-electron chi connectivity index (χ2n) is 4.19. The average molecular weight is 312 g/mol. The average Bonchev–Trinajstić information content (AvgIpc) is 2.67. The van der Waals surface area contributed by atoms with E-state index in [4.69, 9.17) is 18.0 Å². The third kappa shape index (κ3) is 2.35. The van der Waals surface area contributed by atoms with Crippen molar-refractivity contribution in [3.8, 4) is 0 Å². The third-order valence-electron chi connectivity index (χ3n) is 3.05. The molecule has 3 N–H and O–H groups in total. The number of nitrogens with one attached hydrogen (secondary N) is 1. The Balaban J connectivity index is 2.48. The van der Waals surface area contributed by atoms with Gasteiger partial charge in [-0.2, -0.15) is 5.10 Å². The molecule has 0 aromatic heterocycles. The summed E-state index contributed by atoms with van der Waals surface area (Å²) in [6, 6.07) is 2.13. The Kier molecular flexibility index (Phi) is 3.49. The van der Waals surface area contributed by atoms with Crippen molar-refractivity contribution in [2.45, 2.75) is 26.7 Å². The summed E-state index contributed by atoms with van der Waals surface area (Å²) in [4.78, 5) is 0. The molecule has 1 aromatic carbocycles. The second-order valence-corrected chi connectivity index (χ2v) is 5.48. The first kappa shape index (κ1) is 12.5. The zero-order valence-electron chi connectivity index (χ0n) is 9.80. The molecule has 0 saturated heterocycles. The smallest absolute Gasteiger partial charge is 0.184 e. The van der Waals surface area contributed by atoms with E-state index < -0.39 is 0 Å². The Bertz CT molecular complexity index is 523. The number of rotatable bonds is 1. The number of fused-ring (bicyclic) bond motifs is 1. The number of aryl methyl sites for hydroxylation is 1. The molecule has 17 heavy (non-hydrogen) atoms. The van der Waals surface area contributed by atoms with Gasteiger partial charge < -0.3 is 5.73 Å². The van der Waals surface area contributed by atoms with E-state index >= 15 is 0 Å². The van der Waals surface area contributed by atoms with Gasteiger partial charge in [-0.05, 0) is 61.7 Å². The SMILES string of the molecule is Cc1cc(Br)c(C)c2c1C(=NNC(N)=S)CC2. The van der Waals surface area contributed by atoms with Crippen LogP contribution in [-0.4, -0.2) is 10.8 Å². The summed E-state index contributed by atoms with van der Waals surface area (Å²) in [6.07, 6.45) is 1.96. The Morgan fingerprint density at radius 1 is 1.47 bits per heavy atom. The lowest BCUT2D eigenvalue weighted by Crippen LogP contribution is -2.25. The number of halogens is 1. The van der Waals surface area contributed by atoms with Crippen LogP contribution in [0.3, 0.4) is 0 Å². The fourth-order valence-corrected chi connectivity index (χ4v) is 2.89. The minimum atomic E-state index is 0.206. The van der Waals surface area contributed by atoms with Crippen molar-refractivity contribution in [2.24, 2.45) is 10.8 Å². The van der Waals surface area contributed by atoms with Gasteiger partial charge in [0, 0.05) is 10.0 Å². The van der Waals surface area contributed by atoms with Crippen LogP contribution in [-0.2, 0) is 6.42 Å². The van der Waals surface area contributed by atoms with Crippen molar-refractivity contribution in [2.75, 3.05) is 0 Å². The predicted molar refractivity (Wildman–Crippen MR) is 78.4 cm³/mol. The van der Waals surface area contributed by atoms with Gasteiger partial charge in [-0.3, -0.25) is 5.43 Å². The number of hydrazone groups is 1. The van der Waals surface area contributed by atoms with Gasteiger partial charge in [-0.1, -0.05) is 15.9 Å². The van der Waals surface area contributed by atoms with E-state index in [1.807, 2.05) is 0 Å². The van der Waals surface area contributed by atoms with Crippen LogP contribution in [0, 0.1) is 13.8 Å². The largest absolute Gasteiger partial charge is 0.375 e. The van der Waals surface area contributed by atoms with Gasteiger partial charge in [0.15, 0.2) is 5.11 Å². The fraction of sp³-hybridized carbons (Fsp3) is 0.333. The van der Waals surface area contributed by atoms with Crippen molar-refractivity contribution < 1.29 is 0 Å². The maximum Gasteiger partial charge on any atom is 0.184 e. The van der Waals surface area contributed by atoms with Gasteiger partial charge in [-0.15, -0.1) is 0 Å². The zero-order valence-corrected chi connectivity index (χ0v) is 12.2. The molecule has 0 aliphatic heterocycles. The molecule has 0 saturated carbocycles. The highest BCUT2D eigenvalue weighted by Gasteiger charge is 2.23. The lowest BCUT2D eigenvalue weighted by atomic mass is 9.99. The van der Waals surface area contributed by atoms with E-state index in [1.165, 1.54) is 22.3 Å². The fourth-order valence-electron chi connectivity index (χ4n) is 2.26. The number of hydrogen-bond acceptors (Lipinski definition) is 2. The molecular formula is C12H14BrN3S. The van der Waals surface area contributed by atoms with Crippen LogP contribution in [0.4, 0.5) is 0 Å². The summed E-state index contributed by atoms with van der Waals surface area (Å²) in [5.41, 5.74) is 14.3. The first-order chi connectivity index (χ1) is 8.00. The van der Waals surface area contributed by atoms with Crippen molar-refractivity contribution >= 4 is 39.0 Å². The van der Waals surface area contributed by atoms with Crippen molar-refractivity contribution in [1.29, 1.82) is 0 Å². The number of benzene rings is 1. The molecular weight excluding hydrogens is 298 g/mol. The summed E-state index contributed by atoms with van der Waals surface area (Å²) in [7, 11) is 0. The molecule has 1 aliphatic rings. The van der Waals surface area contributed by atoms with E-state index in [0.717, 1.165) is 23.0 Å². The highest BCUT2D eigenvalue weighted by atomic mass is 79.9. The Morgan fingerprint density at radius 3 is 2.82 bits per heavy atom. The van der Waals surface area contributed by atoms with Gasteiger partial charge in [-0.25, -0.2) is 0 Å². The van der Waals surface area contributed by atoms with Gasteiger partial charge in [0.25, 0.3) is 0 Å². The summed E-state index contributed by atoms with van der Waals surface area (Å²) in [5, 5.41) is 4.49. The predicted octanol–water partition coefficient (Wildman–Crippen LogP) is 2.55. The Morgan fingerprint density at radius 2 is 2.18 bits per heavy atom. The van der Waals surface area contributed by atoms with Crippen molar-refractivity contribution in [1.82, 2.24) is 5.43 Å². The first-order valence-corrected chi connectivity index (χ1v) is 6.61. The molecule has 1 aromatic rings. The molecule has 0 heterocycles. The maximum absolute atomic E-state index is 5.39. The number of thiocarbonyl (C=S) groups is 1. The minimum absolute atomic E-state index is 0.206. The molecule has 5 heteroatoms. The van der Waals surface area contributed by atoms with E-state index in [1.54, 1.807) is 0 Å². The highest BCUT2D eigenvalue weighted by Crippen LogP contribution is 2.33. The van der Waals surface area contributed by atoms with E-state index in [9.17, 15) is 0 Å².